The van der Waals surface area contributed by atoms with Gasteiger partial charge in [0.2, 0.25) is 0 Å². The van der Waals surface area contributed by atoms with Gasteiger partial charge in [-0.3, -0.25) is 0 Å². The molecule has 0 bridgehead atoms. The molecule has 0 atom stereocenters. The van der Waals surface area contributed by atoms with Gasteiger partial charge >= 0.3 is 0 Å². The lowest BCUT2D eigenvalue weighted by atomic mass is 10.2. The third-order valence-corrected chi connectivity index (χ3v) is 2.62. The van der Waals surface area contributed by atoms with Gasteiger partial charge in [-0.15, -0.1) is 0 Å². The number of hydrogen-bond donors (Lipinski definition) is 0. The van der Waals surface area contributed by atoms with Crippen LogP contribution in [0.5, 0.6) is 0 Å². The van der Waals surface area contributed by atoms with Crippen LogP contribution in [0.15, 0.2) is 6.07 Å². The van der Waals surface area contributed by atoms with Gasteiger partial charge in [0, 0.05) is 17.0 Å². The van der Waals surface area contributed by atoms with Crippen molar-refractivity contribution in [3.8, 4) is 0 Å². The maximum atomic E-state index is 4.51. The highest BCUT2D eigenvalue weighted by Crippen LogP contribution is 2.15. The van der Waals surface area contributed by atoms with Crippen LogP contribution in [0.25, 0.3) is 5.65 Å². The van der Waals surface area contributed by atoms with Gasteiger partial charge in [-0.1, -0.05) is 6.92 Å². The maximum absolute atomic E-state index is 4.51. The standard InChI is InChI=1S/C11H15N3/c1-5-10-6-7(2)12-11-8(3)9(4)13-14(10)11/h6H,5H2,1-4H3. The molecule has 74 valence electrons. The molecular formula is C11H15N3. The van der Waals surface area contributed by atoms with Crippen LogP contribution < -0.4 is 0 Å². The number of aromatic nitrogens is 3. The summed E-state index contributed by atoms with van der Waals surface area (Å²) in [5.74, 6) is 0. The molecule has 14 heavy (non-hydrogen) atoms. The van der Waals surface area contributed by atoms with Crippen molar-refractivity contribution in [1.82, 2.24) is 14.6 Å². The lowest BCUT2D eigenvalue weighted by molar-refractivity contribution is 0.831. The fourth-order valence-corrected chi connectivity index (χ4v) is 1.68. The van der Waals surface area contributed by atoms with Crippen LogP contribution >= 0.6 is 0 Å². The second-order valence-corrected chi connectivity index (χ2v) is 3.69. The van der Waals surface area contributed by atoms with Crippen molar-refractivity contribution >= 4 is 5.65 Å². The molecule has 0 saturated carbocycles. The van der Waals surface area contributed by atoms with E-state index in [2.05, 4.69) is 30.0 Å². The van der Waals surface area contributed by atoms with Gasteiger partial charge < -0.3 is 0 Å². The summed E-state index contributed by atoms with van der Waals surface area (Å²) in [5, 5.41) is 4.48. The average molecular weight is 189 g/mol. The molecule has 0 unspecified atom stereocenters. The Kier molecular flexibility index (Phi) is 2.02. The Balaban J connectivity index is 2.87. The zero-order valence-electron chi connectivity index (χ0n) is 9.13. The molecule has 0 spiro atoms. The molecule has 2 aromatic heterocycles. The normalized spacial score (nSPS) is 11.1. The van der Waals surface area contributed by atoms with Crippen molar-refractivity contribution in [2.24, 2.45) is 0 Å². The summed E-state index contributed by atoms with van der Waals surface area (Å²) < 4.78 is 1.96. The Morgan fingerprint density at radius 3 is 2.64 bits per heavy atom. The minimum absolute atomic E-state index is 0.987. The minimum atomic E-state index is 0.987. The molecule has 0 aliphatic carbocycles. The highest BCUT2D eigenvalue weighted by molar-refractivity contribution is 5.50. The van der Waals surface area contributed by atoms with E-state index in [0.29, 0.717) is 0 Å². The molecule has 0 radical (unpaired) electrons. The Morgan fingerprint density at radius 1 is 1.29 bits per heavy atom. The summed E-state index contributed by atoms with van der Waals surface area (Å²) >= 11 is 0. The van der Waals surface area contributed by atoms with Crippen LogP contribution in [-0.4, -0.2) is 14.6 Å². The zero-order valence-corrected chi connectivity index (χ0v) is 9.13. The molecule has 0 amide bonds. The average Bonchev–Trinajstić information content (AvgIpc) is 2.43. The van der Waals surface area contributed by atoms with Gasteiger partial charge in [0.05, 0.1) is 5.69 Å². The monoisotopic (exact) mass is 189 g/mol. The first-order valence-corrected chi connectivity index (χ1v) is 4.96. The lowest BCUT2D eigenvalue weighted by Gasteiger charge is -2.02. The molecule has 2 aromatic rings. The van der Waals surface area contributed by atoms with Gasteiger partial charge in [-0.05, 0) is 33.3 Å². The van der Waals surface area contributed by atoms with Crippen LogP contribution in [-0.2, 0) is 6.42 Å². The van der Waals surface area contributed by atoms with E-state index in [4.69, 9.17) is 0 Å². The van der Waals surface area contributed by atoms with E-state index in [1.807, 2.05) is 18.4 Å². The molecule has 0 fully saturated rings. The predicted octanol–water partition coefficient (Wildman–Crippen LogP) is 2.22. The van der Waals surface area contributed by atoms with Crippen LogP contribution in [0.3, 0.4) is 0 Å². The van der Waals surface area contributed by atoms with Crippen molar-refractivity contribution in [2.75, 3.05) is 0 Å². The molecule has 3 nitrogen and oxygen atoms in total. The minimum Gasteiger partial charge on any atom is -0.234 e. The molecule has 0 aliphatic rings. The Morgan fingerprint density at radius 2 is 2.00 bits per heavy atom. The van der Waals surface area contributed by atoms with Crippen LogP contribution in [0, 0.1) is 20.8 Å². The number of aryl methyl sites for hydroxylation is 4. The summed E-state index contributed by atoms with van der Waals surface area (Å²) in [5.41, 5.74) is 5.54. The molecule has 0 aromatic carbocycles. The topological polar surface area (TPSA) is 30.2 Å². The fraction of sp³-hybridized carbons (Fsp3) is 0.455. The Labute approximate surface area is 83.8 Å². The first-order chi connectivity index (χ1) is 6.63. The van der Waals surface area contributed by atoms with Gasteiger partial charge in [0.1, 0.15) is 0 Å². The molecule has 0 saturated heterocycles. The SMILES string of the molecule is CCc1cc(C)nc2c(C)c(C)nn12. The third-order valence-electron chi connectivity index (χ3n) is 2.62. The van der Waals surface area contributed by atoms with E-state index < -0.39 is 0 Å². The van der Waals surface area contributed by atoms with E-state index >= 15 is 0 Å². The number of nitrogens with zero attached hydrogens (tertiary/aromatic N) is 3. The molecule has 3 heteroatoms. The van der Waals surface area contributed by atoms with E-state index in [1.165, 1.54) is 11.3 Å². The smallest absolute Gasteiger partial charge is 0.158 e. The second-order valence-electron chi connectivity index (χ2n) is 3.69. The fourth-order valence-electron chi connectivity index (χ4n) is 1.68. The highest BCUT2D eigenvalue weighted by atomic mass is 15.3. The summed E-state index contributed by atoms with van der Waals surface area (Å²) in [6.45, 7) is 8.27. The highest BCUT2D eigenvalue weighted by Gasteiger charge is 2.09. The molecule has 2 rings (SSSR count). The molecular weight excluding hydrogens is 174 g/mol. The summed E-state index contributed by atoms with van der Waals surface area (Å²) in [7, 11) is 0. The van der Waals surface area contributed by atoms with Crippen molar-refractivity contribution in [3.05, 3.63) is 28.7 Å². The van der Waals surface area contributed by atoms with Crippen molar-refractivity contribution < 1.29 is 0 Å². The van der Waals surface area contributed by atoms with Crippen LogP contribution in [0.4, 0.5) is 0 Å². The summed E-state index contributed by atoms with van der Waals surface area (Å²) in [6.07, 6.45) is 0.987. The van der Waals surface area contributed by atoms with Crippen molar-refractivity contribution in [2.45, 2.75) is 34.1 Å². The number of hydrogen-bond acceptors (Lipinski definition) is 2. The summed E-state index contributed by atoms with van der Waals surface area (Å²) in [6, 6.07) is 2.10. The zero-order chi connectivity index (χ0) is 10.3. The van der Waals surface area contributed by atoms with E-state index in [-0.39, 0.29) is 0 Å². The quantitative estimate of drug-likeness (QED) is 0.688. The van der Waals surface area contributed by atoms with Crippen molar-refractivity contribution in [1.29, 1.82) is 0 Å². The Bertz CT molecular complexity index is 483. The largest absolute Gasteiger partial charge is 0.234 e. The molecule has 0 N–H and O–H groups in total. The third kappa shape index (κ3) is 1.20. The first kappa shape index (κ1) is 9.19. The number of rotatable bonds is 1. The van der Waals surface area contributed by atoms with Gasteiger partial charge in [0.15, 0.2) is 5.65 Å². The van der Waals surface area contributed by atoms with Crippen LogP contribution in [0.2, 0.25) is 0 Å². The maximum Gasteiger partial charge on any atom is 0.158 e. The van der Waals surface area contributed by atoms with E-state index in [0.717, 1.165) is 23.5 Å². The summed E-state index contributed by atoms with van der Waals surface area (Å²) in [4.78, 5) is 4.51. The Hall–Kier alpha value is -1.38. The first-order valence-electron chi connectivity index (χ1n) is 4.96. The molecule has 0 aliphatic heterocycles. The lowest BCUT2D eigenvalue weighted by Crippen LogP contribution is -2.00. The second kappa shape index (κ2) is 3.08. The molecule has 2 heterocycles. The van der Waals surface area contributed by atoms with E-state index in [9.17, 15) is 0 Å². The van der Waals surface area contributed by atoms with Gasteiger partial charge in [0.25, 0.3) is 0 Å². The van der Waals surface area contributed by atoms with Gasteiger partial charge in [-0.25, -0.2) is 9.50 Å². The number of fused-ring (bicyclic) bond motifs is 1. The van der Waals surface area contributed by atoms with Crippen molar-refractivity contribution in [3.63, 3.8) is 0 Å². The van der Waals surface area contributed by atoms with Gasteiger partial charge in [-0.2, -0.15) is 5.10 Å². The predicted molar refractivity (Wildman–Crippen MR) is 56.6 cm³/mol. The van der Waals surface area contributed by atoms with Crippen LogP contribution in [0.1, 0.15) is 29.6 Å². The van der Waals surface area contributed by atoms with E-state index in [1.54, 1.807) is 0 Å².